The smallest absolute Gasteiger partial charge is 0.298 e. The first-order valence-corrected chi connectivity index (χ1v) is 4.35. The number of carbonyl (C=O) groups is 1. The molecule has 0 fully saturated rings. The molecule has 0 aliphatic carbocycles. The number of carbonyl (C=O) groups excluding carboxylic acids is 1. The molecular formula is C8H4F3IO. The maximum absolute atomic E-state index is 12.1. The van der Waals surface area contributed by atoms with Crippen molar-refractivity contribution in [1.29, 1.82) is 0 Å². The van der Waals surface area contributed by atoms with E-state index in [0.29, 0.717) is 9.86 Å². The van der Waals surface area contributed by atoms with Crippen LogP contribution in [0.3, 0.4) is 0 Å². The molecule has 0 spiro atoms. The Hall–Kier alpha value is -0.590. The van der Waals surface area contributed by atoms with Crippen LogP contribution in [0, 0.1) is 3.57 Å². The monoisotopic (exact) mass is 300 g/mol. The van der Waals surface area contributed by atoms with Gasteiger partial charge in [0, 0.05) is 9.13 Å². The number of rotatable bonds is 1. The van der Waals surface area contributed by atoms with Crippen LogP contribution in [0.2, 0.25) is 0 Å². The van der Waals surface area contributed by atoms with Crippen molar-refractivity contribution in [2.24, 2.45) is 0 Å². The van der Waals surface area contributed by atoms with Crippen molar-refractivity contribution in [1.82, 2.24) is 0 Å². The molecule has 70 valence electrons. The minimum absolute atomic E-state index is 0.272. The van der Waals surface area contributed by atoms with E-state index in [1.807, 2.05) is 0 Å². The van der Waals surface area contributed by atoms with Crippen molar-refractivity contribution in [2.45, 2.75) is 6.18 Å². The molecule has 0 heterocycles. The fourth-order valence-corrected chi connectivity index (χ4v) is 1.44. The van der Waals surface area contributed by atoms with Crippen LogP contribution in [0.4, 0.5) is 13.2 Å². The summed E-state index contributed by atoms with van der Waals surface area (Å²) >= 11 is 1.69. The summed E-state index contributed by atoms with van der Waals surface area (Å²) in [6.45, 7) is 0. The zero-order valence-electron chi connectivity index (χ0n) is 6.23. The summed E-state index contributed by atoms with van der Waals surface area (Å²) in [6, 6.07) is 3.01. The van der Waals surface area contributed by atoms with Gasteiger partial charge in [-0.1, -0.05) is 6.07 Å². The highest BCUT2D eigenvalue weighted by molar-refractivity contribution is 14.1. The van der Waals surface area contributed by atoms with Crippen molar-refractivity contribution >= 4 is 28.9 Å². The summed E-state index contributed by atoms with van der Waals surface area (Å²) < 4.78 is 36.6. The lowest BCUT2D eigenvalue weighted by molar-refractivity contribution is -0.137. The van der Waals surface area contributed by atoms with Crippen molar-refractivity contribution in [3.8, 4) is 0 Å². The summed E-state index contributed by atoms with van der Waals surface area (Å²) in [7, 11) is 0. The van der Waals surface area contributed by atoms with Gasteiger partial charge in [0.15, 0.2) is 6.29 Å². The van der Waals surface area contributed by atoms with Gasteiger partial charge in [-0.25, -0.2) is 0 Å². The number of benzene rings is 1. The van der Waals surface area contributed by atoms with Gasteiger partial charge in [-0.05, 0) is 34.7 Å². The third kappa shape index (κ3) is 2.43. The fraction of sp³-hybridized carbons (Fsp3) is 0.125. The van der Waals surface area contributed by atoms with Crippen molar-refractivity contribution in [3.05, 3.63) is 32.9 Å². The van der Waals surface area contributed by atoms with Crippen molar-refractivity contribution < 1.29 is 18.0 Å². The van der Waals surface area contributed by atoms with E-state index in [1.54, 1.807) is 22.6 Å². The Labute approximate surface area is 86.1 Å². The molecule has 0 unspecified atom stereocenters. The number of hydrogen-bond donors (Lipinski definition) is 0. The molecule has 0 N–H and O–H groups in total. The van der Waals surface area contributed by atoms with Crippen LogP contribution in [0.25, 0.3) is 0 Å². The van der Waals surface area contributed by atoms with E-state index in [9.17, 15) is 18.0 Å². The van der Waals surface area contributed by atoms with E-state index in [2.05, 4.69) is 0 Å². The maximum Gasteiger partial charge on any atom is 0.416 e. The summed E-state index contributed by atoms with van der Waals surface area (Å²) in [5, 5.41) is 0. The average molecular weight is 300 g/mol. The fourth-order valence-electron chi connectivity index (χ4n) is 0.799. The molecule has 5 heteroatoms. The molecule has 1 rings (SSSR count). The maximum atomic E-state index is 12.1. The number of halogens is 4. The molecule has 0 saturated heterocycles. The molecule has 0 aromatic heterocycles. The van der Waals surface area contributed by atoms with Crippen LogP contribution < -0.4 is 0 Å². The number of hydrogen-bond acceptors (Lipinski definition) is 1. The second kappa shape index (κ2) is 3.65. The molecule has 0 amide bonds. The Bertz CT molecular complexity index is 333. The summed E-state index contributed by atoms with van der Waals surface area (Å²) in [5.41, 5.74) is -0.462. The minimum atomic E-state index is -4.35. The van der Waals surface area contributed by atoms with E-state index in [1.165, 1.54) is 0 Å². The highest BCUT2D eigenvalue weighted by atomic mass is 127. The van der Waals surface area contributed by atoms with Crippen molar-refractivity contribution in [3.63, 3.8) is 0 Å². The molecule has 0 atom stereocenters. The molecule has 0 bridgehead atoms. The lowest BCUT2D eigenvalue weighted by Gasteiger charge is -2.07. The standard InChI is InChI=1S/C8H4F3IO/c9-8(10,11)6-2-1-5(4-13)7(12)3-6/h1-4H. The van der Waals surface area contributed by atoms with E-state index in [0.717, 1.165) is 18.2 Å². The van der Waals surface area contributed by atoms with Gasteiger partial charge in [0.25, 0.3) is 0 Å². The lowest BCUT2D eigenvalue weighted by atomic mass is 10.1. The minimum Gasteiger partial charge on any atom is -0.298 e. The first-order chi connectivity index (χ1) is 5.95. The van der Waals surface area contributed by atoms with Crippen LogP contribution in [0.15, 0.2) is 18.2 Å². The Morgan fingerprint density at radius 2 is 1.92 bits per heavy atom. The molecule has 13 heavy (non-hydrogen) atoms. The number of aldehydes is 1. The second-order valence-electron chi connectivity index (χ2n) is 2.35. The van der Waals surface area contributed by atoms with Gasteiger partial charge in [0.05, 0.1) is 5.56 Å². The van der Waals surface area contributed by atoms with Crippen LogP contribution >= 0.6 is 22.6 Å². The Kier molecular flexibility index (Phi) is 2.94. The Morgan fingerprint density at radius 3 is 2.31 bits per heavy atom. The predicted octanol–water partition coefficient (Wildman–Crippen LogP) is 3.12. The quantitative estimate of drug-likeness (QED) is 0.575. The third-order valence-electron chi connectivity index (χ3n) is 1.45. The van der Waals surface area contributed by atoms with Gasteiger partial charge in [-0.15, -0.1) is 0 Å². The first kappa shape index (κ1) is 10.5. The first-order valence-electron chi connectivity index (χ1n) is 3.27. The molecule has 0 aliphatic rings. The molecule has 1 aromatic carbocycles. The van der Waals surface area contributed by atoms with Crippen LogP contribution in [-0.2, 0) is 6.18 Å². The highest BCUT2D eigenvalue weighted by Gasteiger charge is 2.30. The SMILES string of the molecule is O=Cc1ccc(C(F)(F)F)cc1I. The van der Waals surface area contributed by atoms with Gasteiger partial charge in [-0.3, -0.25) is 4.79 Å². The van der Waals surface area contributed by atoms with E-state index in [-0.39, 0.29) is 5.56 Å². The van der Waals surface area contributed by atoms with Gasteiger partial charge in [0.2, 0.25) is 0 Å². The normalized spacial score (nSPS) is 11.4. The second-order valence-corrected chi connectivity index (χ2v) is 3.51. The largest absolute Gasteiger partial charge is 0.416 e. The molecule has 0 saturated carbocycles. The molecule has 0 radical (unpaired) electrons. The molecule has 1 aromatic rings. The molecule has 1 nitrogen and oxygen atoms in total. The predicted molar refractivity (Wildman–Crippen MR) is 49.5 cm³/mol. The molecule has 0 aliphatic heterocycles. The Morgan fingerprint density at radius 1 is 1.31 bits per heavy atom. The van der Waals surface area contributed by atoms with Gasteiger partial charge in [0.1, 0.15) is 0 Å². The zero-order chi connectivity index (χ0) is 10.1. The summed E-state index contributed by atoms with van der Waals surface area (Å²) in [4.78, 5) is 10.3. The number of alkyl halides is 3. The van der Waals surface area contributed by atoms with Gasteiger partial charge >= 0.3 is 6.18 Å². The average Bonchev–Trinajstić information content (AvgIpc) is 2.02. The van der Waals surface area contributed by atoms with Crippen LogP contribution in [-0.4, -0.2) is 6.29 Å². The summed E-state index contributed by atoms with van der Waals surface area (Å²) in [5.74, 6) is 0. The van der Waals surface area contributed by atoms with E-state index in [4.69, 9.17) is 0 Å². The van der Waals surface area contributed by atoms with Crippen molar-refractivity contribution in [2.75, 3.05) is 0 Å². The van der Waals surface area contributed by atoms with Crippen LogP contribution in [0.5, 0.6) is 0 Å². The zero-order valence-corrected chi connectivity index (χ0v) is 8.39. The van der Waals surface area contributed by atoms with E-state index >= 15 is 0 Å². The Balaban J connectivity index is 3.17. The molecular weight excluding hydrogens is 296 g/mol. The lowest BCUT2D eigenvalue weighted by Crippen LogP contribution is -2.05. The topological polar surface area (TPSA) is 17.1 Å². The summed E-state index contributed by atoms with van der Waals surface area (Å²) in [6.07, 6.45) is -3.82. The third-order valence-corrected chi connectivity index (χ3v) is 2.39. The van der Waals surface area contributed by atoms with Gasteiger partial charge in [-0.2, -0.15) is 13.2 Å². The van der Waals surface area contributed by atoms with Crippen LogP contribution in [0.1, 0.15) is 15.9 Å². The highest BCUT2D eigenvalue weighted by Crippen LogP contribution is 2.30. The van der Waals surface area contributed by atoms with Gasteiger partial charge < -0.3 is 0 Å². The van der Waals surface area contributed by atoms with E-state index < -0.39 is 11.7 Å².